The van der Waals surface area contributed by atoms with Gasteiger partial charge in [-0.1, -0.05) is 6.07 Å². The van der Waals surface area contributed by atoms with Crippen molar-refractivity contribution in [1.82, 2.24) is 5.32 Å². The van der Waals surface area contributed by atoms with Crippen LogP contribution in [0.4, 0.5) is 0 Å². The van der Waals surface area contributed by atoms with Gasteiger partial charge in [0.15, 0.2) is 11.5 Å². The van der Waals surface area contributed by atoms with Crippen molar-refractivity contribution in [2.45, 2.75) is 32.2 Å². The summed E-state index contributed by atoms with van der Waals surface area (Å²) in [6.07, 6.45) is 1.40. The van der Waals surface area contributed by atoms with Gasteiger partial charge in [0.05, 0.1) is 0 Å². The normalized spacial score (nSPS) is 11.8. The van der Waals surface area contributed by atoms with Gasteiger partial charge in [-0.15, -0.1) is 0 Å². The highest BCUT2D eigenvalue weighted by atomic mass is 16.4. The average Bonchev–Trinajstić information content (AvgIpc) is 2.31. The maximum atomic E-state index is 10.9. The van der Waals surface area contributed by atoms with E-state index in [9.17, 15) is 14.7 Å². The van der Waals surface area contributed by atoms with Crippen LogP contribution in [0, 0.1) is 0 Å². The van der Waals surface area contributed by atoms with E-state index >= 15 is 0 Å². The Balaban J connectivity index is 2.49. The zero-order valence-electron chi connectivity index (χ0n) is 10.6. The van der Waals surface area contributed by atoms with E-state index in [2.05, 4.69) is 5.32 Å². The number of benzene rings is 1. The summed E-state index contributed by atoms with van der Waals surface area (Å²) in [6, 6.07) is 3.57. The molecule has 0 saturated carbocycles. The number of hydrogen-bond donors (Lipinski definition) is 4. The zero-order chi connectivity index (χ0) is 14.4. The Morgan fingerprint density at radius 3 is 2.47 bits per heavy atom. The lowest BCUT2D eigenvalue weighted by Crippen LogP contribution is -2.39. The van der Waals surface area contributed by atoms with Crippen LogP contribution < -0.4 is 5.32 Å². The summed E-state index contributed by atoms with van der Waals surface area (Å²) in [5.74, 6) is -1.84. The average molecular weight is 267 g/mol. The van der Waals surface area contributed by atoms with Crippen molar-refractivity contribution < 1.29 is 24.9 Å². The van der Waals surface area contributed by atoms with Crippen LogP contribution in [0.1, 0.15) is 25.3 Å². The Bertz CT molecular complexity index is 472. The summed E-state index contributed by atoms with van der Waals surface area (Å²) in [7, 11) is 0. The van der Waals surface area contributed by atoms with E-state index in [-0.39, 0.29) is 17.4 Å². The minimum Gasteiger partial charge on any atom is -0.504 e. The molecule has 1 aromatic rings. The second kappa shape index (κ2) is 6.63. The Morgan fingerprint density at radius 2 is 1.95 bits per heavy atom. The van der Waals surface area contributed by atoms with Gasteiger partial charge < -0.3 is 20.6 Å². The van der Waals surface area contributed by atoms with Crippen LogP contribution in [0.15, 0.2) is 18.2 Å². The predicted molar refractivity (Wildman–Crippen MR) is 68.0 cm³/mol. The van der Waals surface area contributed by atoms with E-state index < -0.39 is 12.0 Å². The summed E-state index contributed by atoms with van der Waals surface area (Å²) in [5.41, 5.74) is 0.794. The molecule has 1 unspecified atom stereocenters. The zero-order valence-corrected chi connectivity index (χ0v) is 10.6. The largest absolute Gasteiger partial charge is 0.504 e. The number of aliphatic carboxylic acids is 1. The number of aryl methyl sites for hydroxylation is 1. The summed E-state index contributed by atoms with van der Waals surface area (Å²) in [6.45, 7) is 1.27. The summed E-state index contributed by atoms with van der Waals surface area (Å²) in [4.78, 5) is 21.7. The van der Waals surface area contributed by atoms with Crippen LogP contribution in [0.25, 0.3) is 0 Å². The van der Waals surface area contributed by atoms with Crippen molar-refractivity contribution in [1.29, 1.82) is 0 Å². The van der Waals surface area contributed by atoms with Gasteiger partial charge in [0, 0.05) is 6.92 Å². The summed E-state index contributed by atoms with van der Waals surface area (Å²) >= 11 is 0. The molecule has 1 rings (SSSR count). The third-order valence-electron chi connectivity index (χ3n) is 2.67. The van der Waals surface area contributed by atoms with Gasteiger partial charge in [0.2, 0.25) is 5.91 Å². The first kappa shape index (κ1) is 14.8. The van der Waals surface area contributed by atoms with Crippen LogP contribution in [0.2, 0.25) is 0 Å². The quantitative estimate of drug-likeness (QED) is 0.575. The Morgan fingerprint density at radius 1 is 1.26 bits per heavy atom. The molecule has 4 N–H and O–H groups in total. The molecule has 19 heavy (non-hydrogen) atoms. The molecule has 0 saturated heterocycles. The fourth-order valence-electron chi connectivity index (χ4n) is 1.74. The number of carboxylic acids is 1. The van der Waals surface area contributed by atoms with E-state index in [4.69, 9.17) is 10.2 Å². The third-order valence-corrected chi connectivity index (χ3v) is 2.67. The highest BCUT2D eigenvalue weighted by Gasteiger charge is 2.17. The van der Waals surface area contributed by atoms with Gasteiger partial charge in [-0.2, -0.15) is 0 Å². The molecule has 0 fully saturated rings. The molecule has 0 spiro atoms. The number of rotatable bonds is 6. The fourth-order valence-corrected chi connectivity index (χ4v) is 1.74. The fraction of sp³-hybridized carbons (Fsp3) is 0.385. The number of carbonyl (C=O) groups excluding carboxylic acids is 1. The van der Waals surface area contributed by atoms with E-state index in [1.54, 1.807) is 6.07 Å². The second-order valence-electron chi connectivity index (χ2n) is 4.31. The van der Waals surface area contributed by atoms with Crippen molar-refractivity contribution in [3.8, 4) is 11.5 Å². The molecule has 0 aliphatic carbocycles. The van der Waals surface area contributed by atoms with Gasteiger partial charge >= 0.3 is 5.97 Å². The monoisotopic (exact) mass is 267 g/mol. The summed E-state index contributed by atoms with van der Waals surface area (Å²) in [5, 5.41) is 29.7. The van der Waals surface area contributed by atoms with Gasteiger partial charge in [-0.3, -0.25) is 4.79 Å². The number of carbonyl (C=O) groups is 2. The highest BCUT2D eigenvalue weighted by Crippen LogP contribution is 2.25. The van der Waals surface area contributed by atoms with Crippen LogP contribution in [-0.4, -0.2) is 33.2 Å². The SMILES string of the molecule is CC(=O)NC(CCCc1ccc(O)c(O)c1)C(=O)O. The first-order chi connectivity index (χ1) is 8.90. The molecule has 0 radical (unpaired) electrons. The van der Waals surface area contributed by atoms with E-state index in [1.807, 2.05) is 0 Å². The predicted octanol–water partition coefficient (Wildman–Crippen LogP) is 1.01. The van der Waals surface area contributed by atoms with Crippen LogP contribution in [-0.2, 0) is 16.0 Å². The minimum absolute atomic E-state index is 0.189. The molecule has 0 aliphatic rings. The number of aromatic hydroxyl groups is 2. The number of phenols is 2. The molecule has 0 aliphatic heterocycles. The molecule has 1 amide bonds. The van der Waals surface area contributed by atoms with Crippen LogP contribution in [0.3, 0.4) is 0 Å². The van der Waals surface area contributed by atoms with Gasteiger partial charge in [-0.25, -0.2) is 4.79 Å². The van der Waals surface area contributed by atoms with E-state index in [0.717, 1.165) is 5.56 Å². The lowest BCUT2D eigenvalue weighted by molar-refractivity contribution is -0.141. The number of phenolic OH excluding ortho intramolecular Hbond substituents is 2. The molecule has 1 atom stereocenters. The number of amides is 1. The van der Waals surface area contributed by atoms with Gasteiger partial charge in [0.25, 0.3) is 0 Å². The smallest absolute Gasteiger partial charge is 0.326 e. The Labute approximate surface area is 110 Å². The summed E-state index contributed by atoms with van der Waals surface area (Å²) < 4.78 is 0. The first-order valence-corrected chi connectivity index (χ1v) is 5.91. The molecule has 0 bridgehead atoms. The molecule has 6 nitrogen and oxygen atoms in total. The molecule has 0 heterocycles. The molecule has 6 heteroatoms. The van der Waals surface area contributed by atoms with E-state index in [1.165, 1.54) is 19.1 Å². The Hall–Kier alpha value is -2.24. The molecule has 0 aromatic heterocycles. The van der Waals surface area contributed by atoms with Crippen molar-refractivity contribution in [2.24, 2.45) is 0 Å². The Kier molecular flexibility index (Phi) is 5.17. The molecule has 1 aromatic carbocycles. The number of carboxylic acid groups (broad SMARTS) is 1. The maximum Gasteiger partial charge on any atom is 0.326 e. The van der Waals surface area contributed by atoms with Crippen LogP contribution in [0.5, 0.6) is 11.5 Å². The minimum atomic E-state index is -1.07. The standard InChI is InChI=1S/C13H17NO5/c1-8(15)14-10(13(18)19)4-2-3-9-5-6-11(16)12(17)7-9/h5-7,10,16-17H,2-4H2,1H3,(H,14,15)(H,18,19). The topological polar surface area (TPSA) is 107 Å². The molecular formula is C13H17NO5. The second-order valence-corrected chi connectivity index (χ2v) is 4.31. The van der Waals surface area contributed by atoms with Crippen molar-refractivity contribution in [2.75, 3.05) is 0 Å². The van der Waals surface area contributed by atoms with Crippen LogP contribution >= 0.6 is 0 Å². The van der Waals surface area contributed by atoms with Crippen molar-refractivity contribution in [3.63, 3.8) is 0 Å². The number of nitrogens with one attached hydrogen (secondary N) is 1. The lowest BCUT2D eigenvalue weighted by atomic mass is 10.0. The first-order valence-electron chi connectivity index (χ1n) is 5.91. The molecule has 104 valence electrons. The maximum absolute atomic E-state index is 10.9. The number of hydrogen-bond acceptors (Lipinski definition) is 4. The van der Waals surface area contributed by atoms with Gasteiger partial charge in [-0.05, 0) is 37.0 Å². The van der Waals surface area contributed by atoms with E-state index in [0.29, 0.717) is 19.3 Å². The van der Waals surface area contributed by atoms with Gasteiger partial charge in [0.1, 0.15) is 6.04 Å². The third kappa shape index (κ3) is 4.87. The van der Waals surface area contributed by atoms with Crippen molar-refractivity contribution >= 4 is 11.9 Å². The van der Waals surface area contributed by atoms with Crippen molar-refractivity contribution in [3.05, 3.63) is 23.8 Å². The molecular weight excluding hydrogens is 250 g/mol. The highest BCUT2D eigenvalue weighted by molar-refractivity contribution is 5.81. The lowest BCUT2D eigenvalue weighted by Gasteiger charge is -2.12.